The number of rotatable bonds is 9. The van der Waals surface area contributed by atoms with Crippen LogP contribution in [-0.2, 0) is 11.2 Å². The highest BCUT2D eigenvalue weighted by atomic mass is 127. The Kier molecular flexibility index (Phi) is 13.1. The molecule has 0 radical (unpaired) electrons. The molecular weight excluding hydrogens is 399 g/mol. The fourth-order valence-corrected chi connectivity index (χ4v) is 2.41. The molecule has 1 heterocycles. The summed E-state index contributed by atoms with van der Waals surface area (Å²) in [5.74, 6) is 0.863. The number of methoxy groups -OCH3 is 1. The van der Waals surface area contributed by atoms with Crippen LogP contribution in [0.15, 0.2) is 22.5 Å². The van der Waals surface area contributed by atoms with Crippen LogP contribution in [0, 0.1) is 0 Å². The summed E-state index contributed by atoms with van der Waals surface area (Å²) < 4.78 is 5.05. The lowest BCUT2D eigenvalue weighted by molar-refractivity contribution is 0.162. The maximum Gasteiger partial charge on any atom is 0.191 e. The standard InChI is InChI=1S/C14H26N4OS.HI/c1-15-14(16-7-6-13-5-4-12-20-13)17-8-9-18(2)10-11-19-3;/h4-5,12H,6-11H2,1-3H3,(H2,15,16,17);1H. The van der Waals surface area contributed by atoms with Gasteiger partial charge in [0.15, 0.2) is 5.96 Å². The van der Waals surface area contributed by atoms with Gasteiger partial charge in [-0.05, 0) is 24.9 Å². The van der Waals surface area contributed by atoms with Crippen molar-refractivity contribution in [2.45, 2.75) is 6.42 Å². The second-order valence-electron chi connectivity index (χ2n) is 4.55. The van der Waals surface area contributed by atoms with Gasteiger partial charge < -0.3 is 20.3 Å². The van der Waals surface area contributed by atoms with Crippen molar-refractivity contribution in [1.29, 1.82) is 0 Å². The van der Waals surface area contributed by atoms with E-state index >= 15 is 0 Å². The SMILES string of the molecule is CN=C(NCCc1cccs1)NCCN(C)CCOC.I. The molecule has 0 atom stereocenters. The van der Waals surface area contributed by atoms with Gasteiger partial charge in [-0.3, -0.25) is 4.99 Å². The van der Waals surface area contributed by atoms with Crippen LogP contribution in [0.25, 0.3) is 0 Å². The van der Waals surface area contributed by atoms with Gasteiger partial charge in [-0.1, -0.05) is 6.07 Å². The van der Waals surface area contributed by atoms with E-state index in [0.717, 1.165) is 45.2 Å². The summed E-state index contributed by atoms with van der Waals surface area (Å²) in [6, 6.07) is 4.25. The third-order valence-electron chi connectivity index (χ3n) is 2.93. The van der Waals surface area contributed by atoms with Crippen molar-refractivity contribution in [2.24, 2.45) is 4.99 Å². The summed E-state index contributed by atoms with van der Waals surface area (Å²) in [7, 11) is 5.62. The first-order chi connectivity index (χ1) is 9.76. The molecule has 0 bridgehead atoms. The van der Waals surface area contributed by atoms with Crippen LogP contribution in [0.5, 0.6) is 0 Å². The molecule has 0 aliphatic carbocycles. The highest BCUT2D eigenvalue weighted by molar-refractivity contribution is 14.0. The van der Waals surface area contributed by atoms with E-state index < -0.39 is 0 Å². The minimum atomic E-state index is 0. The average molecular weight is 426 g/mol. The van der Waals surface area contributed by atoms with Crippen molar-refractivity contribution in [1.82, 2.24) is 15.5 Å². The number of likely N-dealkylation sites (N-methyl/N-ethyl adjacent to an activating group) is 1. The molecule has 0 amide bonds. The van der Waals surface area contributed by atoms with E-state index in [2.05, 4.69) is 45.1 Å². The van der Waals surface area contributed by atoms with Crippen LogP contribution < -0.4 is 10.6 Å². The van der Waals surface area contributed by atoms with Gasteiger partial charge in [0, 0.05) is 45.2 Å². The van der Waals surface area contributed by atoms with E-state index in [9.17, 15) is 0 Å². The Morgan fingerprint density at radius 2 is 2.10 bits per heavy atom. The Hall–Kier alpha value is -0.380. The van der Waals surface area contributed by atoms with Crippen LogP contribution in [0.2, 0.25) is 0 Å². The van der Waals surface area contributed by atoms with Crippen LogP contribution in [-0.4, -0.2) is 64.9 Å². The third-order valence-corrected chi connectivity index (χ3v) is 3.87. The molecule has 1 rings (SSSR count). The first-order valence-electron chi connectivity index (χ1n) is 6.90. The predicted molar refractivity (Wildman–Crippen MR) is 102 cm³/mol. The molecule has 0 fully saturated rings. The molecule has 0 saturated carbocycles. The summed E-state index contributed by atoms with van der Waals surface area (Å²) in [6.45, 7) is 4.46. The monoisotopic (exact) mass is 426 g/mol. The van der Waals surface area contributed by atoms with Gasteiger partial charge in [0.1, 0.15) is 0 Å². The minimum Gasteiger partial charge on any atom is -0.383 e. The van der Waals surface area contributed by atoms with Crippen molar-refractivity contribution >= 4 is 41.3 Å². The number of ether oxygens (including phenoxy) is 1. The van der Waals surface area contributed by atoms with Gasteiger partial charge in [-0.25, -0.2) is 0 Å². The highest BCUT2D eigenvalue weighted by Gasteiger charge is 2.00. The van der Waals surface area contributed by atoms with Gasteiger partial charge >= 0.3 is 0 Å². The van der Waals surface area contributed by atoms with Gasteiger partial charge in [0.2, 0.25) is 0 Å². The third kappa shape index (κ3) is 10.0. The lowest BCUT2D eigenvalue weighted by Crippen LogP contribution is -2.41. The second-order valence-corrected chi connectivity index (χ2v) is 5.58. The topological polar surface area (TPSA) is 48.9 Å². The average Bonchev–Trinajstić information content (AvgIpc) is 2.96. The maximum atomic E-state index is 5.05. The van der Waals surface area contributed by atoms with Crippen LogP contribution >= 0.6 is 35.3 Å². The van der Waals surface area contributed by atoms with Crippen LogP contribution in [0.4, 0.5) is 0 Å². The molecule has 5 nitrogen and oxygen atoms in total. The van der Waals surface area contributed by atoms with Crippen LogP contribution in [0.3, 0.4) is 0 Å². The quantitative estimate of drug-likeness (QED) is 0.358. The summed E-state index contributed by atoms with van der Waals surface area (Å²) in [4.78, 5) is 7.85. The van der Waals surface area contributed by atoms with E-state index in [4.69, 9.17) is 4.74 Å². The molecule has 0 aromatic carbocycles. The Morgan fingerprint density at radius 1 is 1.33 bits per heavy atom. The molecule has 21 heavy (non-hydrogen) atoms. The smallest absolute Gasteiger partial charge is 0.191 e. The van der Waals surface area contributed by atoms with Gasteiger partial charge in [-0.15, -0.1) is 35.3 Å². The van der Waals surface area contributed by atoms with Crippen molar-refractivity contribution in [3.8, 4) is 0 Å². The van der Waals surface area contributed by atoms with Crippen molar-refractivity contribution in [2.75, 3.05) is 54.0 Å². The number of guanidine groups is 1. The normalized spacial score (nSPS) is 11.3. The number of halogens is 1. The first-order valence-corrected chi connectivity index (χ1v) is 7.78. The van der Waals surface area contributed by atoms with Crippen molar-refractivity contribution < 1.29 is 4.74 Å². The Bertz CT molecular complexity index is 373. The molecule has 2 N–H and O–H groups in total. The van der Waals surface area contributed by atoms with E-state index in [0.29, 0.717) is 0 Å². The zero-order valence-electron chi connectivity index (χ0n) is 13.1. The summed E-state index contributed by atoms with van der Waals surface area (Å²) in [5.41, 5.74) is 0. The zero-order valence-corrected chi connectivity index (χ0v) is 16.2. The zero-order chi connectivity index (χ0) is 14.6. The van der Waals surface area contributed by atoms with Gasteiger partial charge in [0.25, 0.3) is 0 Å². The molecule has 0 unspecified atom stereocenters. The predicted octanol–water partition coefficient (Wildman–Crippen LogP) is 1.65. The molecule has 122 valence electrons. The molecule has 0 aliphatic heterocycles. The fraction of sp³-hybridized carbons (Fsp3) is 0.643. The Morgan fingerprint density at radius 3 is 2.71 bits per heavy atom. The molecule has 0 saturated heterocycles. The maximum absolute atomic E-state index is 5.05. The Balaban J connectivity index is 0.00000400. The number of thiophene rings is 1. The molecule has 0 aliphatic rings. The Labute approximate surface area is 149 Å². The number of nitrogens with zero attached hydrogens (tertiary/aromatic N) is 2. The summed E-state index contributed by atoms with van der Waals surface area (Å²) in [6.07, 6.45) is 1.03. The number of hydrogen-bond acceptors (Lipinski definition) is 4. The molecule has 0 spiro atoms. The second kappa shape index (κ2) is 13.3. The largest absolute Gasteiger partial charge is 0.383 e. The fourth-order valence-electron chi connectivity index (χ4n) is 1.70. The number of aliphatic imine (C=N–C) groups is 1. The van der Waals surface area contributed by atoms with Gasteiger partial charge in [0.05, 0.1) is 6.61 Å². The summed E-state index contributed by atoms with van der Waals surface area (Å²) >= 11 is 1.79. The lowest BCUT2D eigenvalue weighted by Gasteiger charge is -2.17. The van der Waals surface area contributed by atoms with E-state index in [1.165, 1.54) is 4.88 Å². The van der Waals surface area contributed by atoms with Gasteiger partial charge in [-0.2, -0.15) is 0 Å². The molecule has 1 aromatic rings. The number of nitrogens with one attached hydrogen (secondary N) is 2. The first kappa shape index (κ1) is 20.6. The highest BCUT2D eigenvalue weighted by Crippen LogP contribution is 2.07. The molecule has 1 aromatic heterocycles. The lowest BCUT2D eigenvalue weighted by atomic mass is 10.3. The van der Waals surface area contributed by atoms with Crippen LogP contribution in [0.1, 0.15) is 4.88 Å². The van der Waals surface area contributed by atoms with E-state index in [1.807, 2.05) is 0 Å². The summed E-state index contributed by atoms with van der Waals surface area (Å²) in [5, 5.41) is 8.75. The minimum absolute atomic E-state index is 0. The molecular formula is C14H27IN4OS. The van der Waals surface area contributed by atoms with Crippen molar-refractivity contribution in [3.05, 3.63) is 22.4 Å². The van der Waals surface area contributed by atoms with E-state index in [-0.39, 0.29) is 24.0 Å². The van der Waals surface area contributed by atoms with Crippen molar-refractivity contribution in [3.63, 3.8) is 0 Å². The number of hydrogen-bond donors (Lipinski definition) is 2. The van der Waals surface area contributed by atoms with E-state index in [1.54, 1.807) is 25.5 Å². The molecule has 7 heteroatoms.